The molecule has 1 N–H and O–H groups in total. The Bertz CT molecular complexity index is 742. The van der Waals surface area contributed by atoms with Crippen molar-refractivity contribution >= 4 is 28.8 Å². The van der Waals surface area contributed by atoms with Gasteiger partial charge in [-0.25, -0.2) is 4.98 Å². The largest absolute Gasteiger partial charge is 0.591 e. The SMILES string of the molecule is CCC(=N[S+]([O-])C(C)(C)C)c1nc(N2CCC[C@H]2C)cc2c1CNC2=O. The van der Waals surface area contributed by atoms with Crippen molar-refractivity contribution in [2.45, 2.75) is 71.2 Å². The van der Waals surface area contributed by atoms with Crippen molar-refractivity contribution in [3.8, 4) is 0 Å². The number of fused-ring (bicyclic) bond motifs is 1. The van der Waals surface area contributed by atoms with Gasteiger partial charge in [-0.15, -0.1) is 0 Å². The third kappa shape index (κ3) is 3.60. The molecule has 26 heavy (non-hydrogen) atoms. The van der Waals surface area contributed by atoms with E-state index in [1.807, 2.05) is 33.8 Å². The summed E-state index contributed by atoms with van der Waals surface area (Å²) >= 11 is -1.36. The van der Waals surface area contributed by atoms with Gasteiger partial charge in [0.25, 0.3) is 5.91 Å². The molecule has 142 valence electrons. The maximum absolute atomic E-state index is 12.6. The molecule has 2 aliphatic rings. The molecule has 0 saturated carbocycles. The van der Waals surface area contributed by atoms with Crippen molar-refractivity contribution in [2.75, 3.05) is 11.4 Å². The van der Waals surface area contributed by atoms with E-state index in [1.54, 1.807) is 0 Å². The molecule has 0 bridgehead atoms. The Morgan fingerprint density at radius 3 is 2.81 bits per heavy atom. The summed E-state index contributed by atoms with van der Waals surface area (Å²) in [6, 6.07) is 2.31. The normalized spacial score (nSPS) is 21.8. The molecule has 3 heterocycles. The molecule has 0 radical (unpaired) electrons. The molecule has 2 aliphatic heterocycles. The van der Waals surface area contributed by atoms with Gasteiger partial charge in [0.1, 0.15) is 27.6 Å². The van der Waals surface area contributed by atoms with Gasteiger partial charge >= 0.3 is 0 Å². The maximum atomic E-state index is 12.6. The lowest BCUT2D eigenvalue weighted by atomic mass is 10.0. The Morgan fingerprint density at radius 1 is 1.50 bits per heavy atom. The molecule has 1 aromatic rings. The number of carbonyl (C=O) groups is 1. The van der Waals surface area contributed by atoms with Gasteiger partial charge in [0, 0.05) is 24.7 Å². The van der Waals surface area contributed by atoms with E-state index in [-0.39, 0.29) is 5.91 Å². The fraction of sp³-hybridized carbons (Fsp3) is 0.632. The lowest BCUT2D eigenvalue weighted by Gasteiger charge is -2.24. The van der Waals surface area contributed by atoms with E-state index in [0.29, 0.717) is 30.3 Å². The van der Waals surface area contributed by atoms with Crippen LogP contribution in [0.4, 0.5) is 5.82 Å². The highest BCUT2D eigenvalue weighted by atomic mass is 32.2. The second kappa shape index (κ2) is 7.19. The van der Waals surface area contributed by atoms with Gasteiger partial charge < -0.3 is 14.8 Å². The van der Waals surface area contributed by atoms with Gasteiger partial charge in [0.2, 0.25) is 0 Å². The van der Waals surface area contributed by atoms with Crippen LogP contribution in [0.2, 0.25) is 0 Å². The molecule has 1 aromatic heterocycles. The zero-order chi connectivity index (χ0) is 19.1. The minimum absolute atomic E-state index is 0.0656. The number of pyridine rings is 1. The van der Waals surface area contributed by atoms with E-state index >= 15 is 0 Å². The summed E-state index contributed by atoms with van der Waals surface area (Å²) in [4.78, 5) is 19.4. The molecular formula is C19H28N4O2S. The average Bonchev–Trinajstić information content (AvgIpc) is 3.17. The van der Waals surface area contributed by atoms with Gasteiger partial charge in [-0.3, -0.25) is 4.79 Å². The van der Waals surface area contributed by atoms with E-state index in [9.17, 15) is 9.35 Å². The molecule has 6 nitrogen and oxygen atoms in total. The number of rotatable bonds is 4. The second-order valence-electron chi connectivity index (χ2n) is 7.98. The van der Waals surface area contributed by atoms with Crippen molar-refractivity contribution in [1.29, 1.82) is 0 Å². The Morgan fingerprint density at radius 2 is 2.23 bits per heavy atom. The fourth-order valence-corrected chi connectivity index (χ4v) is 4.06. The first-order chi connectivity index (χ1) is 12.2. The van der Waals surface area contributed by atoms with Gasteiger partial charge in [0.15, 0.2) is 0 Å². The molecule has 1 unspecified atom stereocenters. The predicted molar refractivity (Wildman–Crippen MR) is 106 cm³/mol. The molecule has 7 heteroatoms. The van der Waals surface area contributed by atoms with Crippen LogP contribution >= 0.6 is 0 Å². The highest BCUT2D eigenvalue weighted by Gasteiger charge is 2.32. The molecule has 1 amide bonds. The van der Waals surface area contributed by atoms with Gasteiger partial charge in [0.05, 0.1) is 11.3 Å². The number of aromatic nitrogens is 1. The van der Waals surface area contributed by atoms with Crippen molar-refractivity contribution < 1.29 is 9.35 Å². The Hall–Kier alpha value is -1.60. The van der Waals surface area contributed by atoms with Crippen molar-refractivity contribution in [1.82, 2.24) is 10.3 Å². The summed E-state index contributed by atoms with van der Waals surface area (Å²) < 4.78 is 16.6. The van der Waals surface area contributed by atoms with Crippen LogP contribution < -0.4 is 10.2 Å². The number of anilines is 1. The molecular weight excluding hydrogens is 348 g/mol. The molecule has 1 saturated heterocycles. The van der Waals surface area contributed by atoms with Crippen LogP contribution in [0.25, 0.3) is 0 Å². The molecule has 0 aliphatic carbocycles. The second-order valence-corrected chi connectivity index (χ2v) is 9.88. The van der Waals surface area contributed by atoms with Crippen LogP contribution in [0.5, 0.6) is 0 Å². The van der Waals surface area contributed by atoms with Crippen LogP contribution in [0.15, 0.2) is 10.5 Å². The van der Waals surface area contributed by atoms with Crippen LogP contribution in [0.3, 0.4) is 0 Å². The quantitative estimate of drug-likeness (QED) is 0.647. The number of carbonyl (C=O) groups excluding carboxylic acids is 1. The van der Waals surface area contributed by atoms with Gasteiger partial charge in [-0.2, -0.15) is 0 Å². The summed E-state index contributed by atoms with van der Waals surface area (Å²) in [7, 11) is 0. The first-order valence-electron chi connectivity index (χ1n) is 9.31. The number of nitrogens with zero attached hydrogens (tertiary/aromatic N) is 3. The third-order valence-corrected chi connectivity index (χ3v) is 6.39. The summed E-state index contributed by atoms with van der Waals surface area (Å²) in [5.74, 6) is 0.757. The molecule has 1 fully saturated rings. The topological polar surface area (TPSA) is 80.7 Å². The highest BCUT2D eigenvalue weighted by Crippen LogP contribution is 2.30. The molecule has 2 atom stereocenters. The van der Waals surface area contributed by atoms with E-state index in [4.69, 9.17) is 4.98 Å². The smallest absolute Gasteiger partial charge is 0.252 e. The Labute approximate surface area is 158 Å². The van der Waals surface area contributed by atoms with E-state index in [2.05, 4.69) is 21.5 Å². The zero-order valence-corrected chi connectivity index (χ0v) is 17.1. The third-order valence-electron chi connectivity index (χ3n) is 4.95. The number of hydrogen-bond acceptors (Lipinski definition) is 5. The van der Waals surface area contributed by atoms with Crippen LogP contribution in [0, 0.1) is 0 Å². The standard InChI is InChI=1S/C19H28N4O2S/c1-6-15(22-26(25)19(3,4)5)17-14-11-20-18(24)13(14)10-16(21-17)23-9-7-8-12(23)2/h10,12H,6-9,11H2,1-5H3,(H,20,24)/t12-,26?/m1/s1. The minimum atomic E-state index is -1.36. The number of hydrogen-bond donors (Lipinski definition) is 1. The first-order valence-corrected chi connectivity index (χ1v) is 10.4. The van der Waals surface area contributed by atoms with E-state index < -0.39 is 16.1 Å². The van der Waals surface area contributed by atoms with Crippen LogP contribution in [-0.4, -0.2) is 38.5 Å². The van der Waals surface area contributed by atoms with Gasteiger partial charge in [-0.05, 0) is 53.0 Å². The average molecular weight is 377 g/mol. The molecule has 3 rings (SSSR count). The minimum Gasteiger partial charge on any atom is -0.591 e. The van der Waals surface area contributed by atoms with Crippen LogP contribution in [0.1, 0.15) is 75.5 Å². The summed E-state index contributed by atoms with van der Waals surface area (Å²) in [5, 5.41) is 2.89. The molecule has 0 spiro atoms. The van der Waals surface area contributed by atoms with Gasteiger partial charge in [-0.1, -0.05) is 11.3 Å². The number of nitrogens with one attached hydrogen (secondary N) is 1. The molecule has 0 aromatic carbocycles. The van der Waals surface area contributed by atoms with Crippen molar-refractivity contribution in [2.24, 2.45) is 4.40 Å². The highest BCUT2D eigenvalue weighted by molar-refractivity contribution is 7.91. The lowest BCUT2D eigenvalue weighted by Crippen LogP contribution is -2.29. The summed E-state index contributed by atoms with van der Waals surface area (Å²) in [5.41, 5.74) is 2.97. The maximum Gasteiger partial charge on any atom is 0.252 e. The number of amides is 1. The zero-order valence-electron chi connectivity index (χ0n) is 16.3. The van der Waals surface area contributed by atoms with E-state index in [1.165, 1.54) is 0 Å². The summed E-state index contributed by atoms with van der Waals surface area (Å²) in [6.07, 6.45) is 2.88. The predicted octanol–water partition coefficient (Wildman–Crippen LogP) is 2.98. The first kappa shape index (κ1) is 19.2. The fourth-order valence-electron chi connectivity index (χ4n) is 3.38. The van der Waals surface area contributed by atoms with Crippen LogP contribution in [-0.2, 0) is 17.9 Å². The Kier molecular flexibility index (Phi) is 5.30. The lowest BCUT2D eigenvalue weighted by molar-refractivity contribution is 0.0965. The van der Waals surface area contributed by atoms with E-state index in [0.717, 1.165) is 36.5 Å². The monoisotopic (exact) mass is 376 g/mol. The summed E-state index contributed by atoms with van der Waals surface area (Å²) in [6.45, 7) is 11.3. The van der Waals surface area contributed by atoms with Crippen molar-refractivity contribution in [3.63, 3.8) is 0 Å². The Balaban J connectivity index is 2.10. The van der Waals surface area contributed by atoms with Crippen molar-refractivity contribution in [3.05, 3.63) is 22.9 Å².